The Hall–Kier alpha value is -2.08. The van der Waals surface area contributed by atoms with Crippen molar-refractivity contribution in [1.82, 2.24) is 0 Å². The van der Waals surface area contributed by atoms with Gasteiger partial charge in [-0.15, -0.1) is 5.10 Å². The summed E-state index contributed by atoms with van der Waals surface area (Å²) in [4.78, 5) is 2.30. The molecule has 1 aliphatic rings. The SMILES string of the molecule is NC(N)=N/[NH+]=C\c1ccc(N2CCOCC2)cc1. The average Bonchev–Trinajstić information content (AvgIpc) is 2.40. The molecule has 0 spiro atoms. The Morgan fingerprint density at radius 1 is 1.22 bits per heavy atom. The highest BCUT2D eigenvalue weighted by Gasteiger charge is 2.10. The van der Waals surface area contributed by atoms with Gasteiger partial charge < -0.3 is 21.1 Å². The second-order valence-electron chi connectivity index (χ2n) is 4.00. The van der Waals surface area contributed by atoms with Crippen molar-refractivity contribution in [3.8, 4) is 0 Å². The van der Waals surface area contributed by atoms with E-state index in [2.05, 4.69) is 27.2 Å². The minimum Gasteiger partial charge on any atom is -0.378 e. The minimum absolute atomic E-state index is 0.0104. The van der Waals surface area contributed by atoms with Crippen molar-refractivity contribution in [2.24, 2.45) is 16.6 Å². The fourth-order valence-corrected chi connectivity index (χ4v) is 1.78. The number of benzene rings is 1. The topological polar surface area (TPSA) is 90.8 Å². The van der Waals surface area contributed by atoms with Gasteiger partial charge in [-0.1, -0.05) is 0 Å². The molecule has 6 nitrogen and oxygen atoms in total. The van der Waals surface area contributed by atoms with E-state index >= 15 is 0 Å². The number of guanidine groups is 1. The summed E-state index contributed by atoms with van der Waals surface area (Å²) in [5.74, 6) is 0.0104. The maximum atomic E-state index is 5.32. The van der Waals surface area contributed by atoms with Crippen molar-refractivity contribution < 1.29 is 9.84 Å². The monoisotopic (exact) mass is 248 g/mol. The van der Waals surface area contributed by atoms with Crippen LogP contribution in [0, 0.1) is 0 Å². The van der Waals surface area contributed by atoms with E-state index in [1.54, 1.807) is 6.21 Å². The van der Waals surface area contributed by atoms with E-state index in [0.29, 0.717) is 0 Å². The van der Waals surface area contributed by atoms with Gasteiger partial charge in [0.2, 0.25) is 6.21 Å². The van der Waals surface area contributed by atoms with Crippen molar-refractivity contribution in [3.63, 3.8) is 0 Å². The quantitative estimate of drug-likeness (QED) is 0.335. The van der Waals surface area contributed by atoms with Gasteiger partial charge in [0, 0.05) is 29.4 Å². The third-order valence-corrected chi connectivity index (χ3v) is 2.69. The predicted molar refractivity (Wildman–Crippen MR) is 71.4 cm³/mol. The summed E-state index contributed by atoms with van der Waals surface area (Å²) in [6, 6.07) is 8.18. The zero-order valence-electron chi connectivity index (χ0n) is 10.2. The molecule has 0 aromatic heterocycles. The normalized spacial score (nSPS) is 15.9. The number of hydrogen-bond donors (Lipinski definition) is 3. The number of nitrogens with zero attached hydrogens (tertiary/aromatic N) is 2. The number of nitrogens with two attached hydrogens (primary N) is 2. The van der Waals surface area contributed by atoms with E-state index in [-0.39, 0.29) is 5.96 Å². The van der Waals surface area contributed by atoms with Gasteiger partial charge in [0.05, 0.1) is 13.2 Å². The summed E-state index contributed by atoms with van der Waals surface area (Å²) in [5, 5.41) is 6.35. The van der Waals surface area contributed by atoms with E-state index in [4.69, 9.17) is 16.2 Å². The van der Waals surface area contributed by atoms with Crippen molar-refractivity contribution in [2.75, 3.05) is 31.2 Å². The van der Waals surface area contributed by atoms with Crippen molar-refractivity contribution in [2.45, 2.75) is 0 Å². The summed E-state index contributed by atoms with van der Waals surface area (Å²) in [5.41, 5.74) is 12.6. The molecule has 96 valence electrons. The number of hydrazone groups is 1. The zero-order chi connectivity index (χ0) is 12.8. The summed E-state index contributed by atoms with van der Waals surface area (Å²) < 4.78 is 5.32. The van der Waals surface area contributed by atoms with E-state index in [0.717, 1.165) is 31.9 Å². The molecule has 1 fully saturated rings. The number of rotatable bonds is 3. The number of hydrogen-bond acceptors (Lipinski definition) is 3. The molecule has 0 bridgehead atoms. The van der Waals surface area contributed by atoms with E-state index < -0.39 is 0 Å². The fourth-order valence-electron chi connectivity index (χ4n) is 1.78. The second-order valence-corrected chi connectivity index (χ2v) is 4.00. The van der Waals surface area contributed by atoms with E-state index in [1.165, 1.54) is 5.69 Å². The highest BCUT2D eigenvalue weighted by molar-refractivity contribution is 5.77. The fraction of sp³-hybridized carbons (Fsp3) is 0.333. The van der Waals surface area contributed by atoms with Gasteiger partial charge in [-0.3, -0.25) is 0 Å². The van der Waals surface area contributed by atoms with Crippen molar-refractivity contribution in [3.05, 3.63) is 29.8 Å². The van der Waals surface area contributed by atoms with Crippen molar-refractivity contribution >= 4 is 17.9 Å². The smallest absolute Gasteiger partial charge is 0.256 e. The molecule has 6 heteroatoms. The Bertz CT molecular complexity index is 430. The lowest BCUT2D eigenvalue weighted by Gasteiger charge is -2.28. The Morgan fingerprint density at radius 2 is 1.89 bits per heavy atom. The van der Waals surface area contributed by atoms with Crippen LogP contribution in [0.15, 0.2) is 29.4 Å². The standard InChI is InChI=1S/C12H17N5O/c13-12(14)16-15-9-10-1-3-11(4-2-10)17-5-7-18-8-6-17/h1-4,9H,5-8H2,(H4,13,14,16)/p+1/b15-9-. The molecule has 0 atom stereocenters. The lowest BCUT2D eigenvalue weighted by molar-refractivity contribution is -0.456. The lowest BCUT2D eigenvalue weighted by Crippen LogP contribution is -2.63. The summed E-state index contributed by atoms with van der Waals surface area (Å²) >= 11 is 0. The Morgan fingerprint density at radius 3 is 2.50 bits per heavy atom. The molecule has 0 unspecified atom stereocenters. The predicted octanol–water partition coefficient (Wildman–Crippen LogP) is -1.79. The zero-order valence-corrected chi connectivity index (χ0v) is 10.2. The Labute approximate surface area is 106 Å². The van der Waals surface area contributed by atoms with Crippen LogP contribution in [-0.2, 0) is 4.74 Å². The highest BCUT2D eigenvalue weighted by Crippen LogP contribution is 2.15. The first-order valence-electron chi connectivity index (χ1n) is 5.86. The average molecular weight is 248 g/mol. The first kappa shape index (κ1) is 12.4. The first-order chi connectivity index (χ1) is 8.75. The third kappa shape index (κ3) is 3.46. The molecule has 1 heterocycles. The molecule has 5 N–H and O–H groups in total. The van der Waals surface area contributed by atoms with Crippen LogP contribution in [0.2, 0.25) is 0 Å². The Kier molecular flexibility index (Phi) is 4.14. The number of anilines is 1. The highest BCUT2D eigenvalue weighted by atomic mass is 16.5. The maximum Gasteiger partial charge on any atom is 0.256 e. The first-order valence-corrected chi connectivity index (χ1v) is 5.86. The molecule has 0 radical (unpaired) electrons. The van der Waals surface area contributed by atoms with Crippen LogP contribution in [0.1, 0.15) is 5.56 Å². The van der Waals surface area contributed by atoms with Crippen molar-refractivity contribution in [1.29, 1.82) is 0 Å². The molecule has 1 aromatic carbocycles. The van der Waals surface area contributed by atoms with Crippen LogP contribution in [0.5, 0.6) is 0 Å². The van der Waals surface area contributed by atoms with Gasteiger partial charge in [0.1, 0.15) is 0 Å². The number of ether oxygens (including phenoxy) is 1. The maximum absolute atomic E-state index is 5.32. The molecule has 1 saturated heterocycles. The van der Waals surface area contributed by atoms with Crippen LogP contribution in [-0.4, -0.2) is 38.5 Å². The molecule has 18 heavy (non-hydrogen) atoms. The molecular formula is C12H18N5O+. The second kappa shape index (κ2) is 6.02. The number of nitrogens with one attached hydrogen (secondary N) is 1. The van der Waals surface area contributed by atoms with Crippen LogP contribution in [0.3, 0.4) is 0 Å². The van der Waals surface area contributed by atoms with E-state index in [9.17, 15) is 0 Å². The van der Waals surface area contributed by atoms with Gasteiger partial charge >= 0.3 is 0 Å². The minimum atomic E-state index is 0.0104. The van der Waals surface area contributed by atoms with E-state index in [1.807, 2.05) is 12.1 Å². The largest absolute Gasteiger partial charge is 0.378 e. The van der Waals surface area contributed by atoms with Gasteiger partial charge in [0.25, 0.3) is 5.96 Å². The van der Waals surface area contributed by atoms with Crippen LogP contribution < -0.4 is 21.5 Å². The molecule has 0 saturated carbocycles. The molecule has 2 rings (SSSR count). The lowest BCUT2D eigenvalue weighted by atomic mass is 10.2. The molecule has 0 amide bonds. The molecular weight excluding hydrogens is 230 g/mol. The summed E-state index contributed by atoms with van der Waals surface area (Å²) in [7, 11) is 0. The molecule has 0 aliphatic carbocycles. The van der Waals surface area contributed by atoms with Gasteiger partial charge in [-0.25, -0.2) is 0 Å². The van der Waals surface area contributed by atoms with Crippen LogP contribution in [0.4, 0.5) is 5.69 Å². The van der Waals surface area contributed by atoms with Crippen LogP contribution in [0.25, 0.3) is 0 Å². The number of morpholine rings is 1. The molecule has 1 aromatic rings. The Balaban J connectivity index is 2.00. The van der Waals surface area contributed by atoms with Gasteiger partial charge in [0.15, 0.2) is 0 Å². The van der Waals surface area contributed by atoms with Gasteiger partial charge in [-0.05, 0) is 24.3 Å². The van der Waals surface area contributed by atoms with Gasteiger partial charge in [-0.2, -0.15) is 0 Å². The summed E-state index contributed by atoms with van der Waals surface area (Å²) in [6.07, 6.45) is 1.74. The van der Waals surface area contributed by atoms with Crippen LogP contribution >= 0.6 is 0 Å². The molecule has 1 aliphatic heterocycles. The third-order valence-electron chi connectivity index (χ3n) is 2.69. The summed E-state index contributed by atoms with van der Waals surface area (Å²) in [6.45, 7) is 3.46.